The topological polar surface area (TPSA) is 15.3 Å². The normalized spacial score (nSPS) is 25.3. The largest absolute Gasteiger partial charge is 0.309 e. The van der Waals surface area contributed by atoms with Crippen molar-refractivity contribution in [3.8, 4) is 0 Å². The van der Waals surface area contributed by atoms with Crippen LogP contribution in [0, 0.1) is 6.92 Å². The minimum absolute atomic E-state index is 0.310. The Balaban J connectivity index is 1.87. The molecule has 0 saturated carbocycles. The van der Waals surface area contributed by atoms with Gasteiger partial charge in [0.25, 0.3) is 0 Å². The van der Waals surface area contributed by atoms with Gasteiger partial charge in [-0.25, -0.2) is 0 Å². The summed E-state index contributed by atoms with van der Waals surface area (Å²) in [6.07, 6.45) is 2.37. The van der Waals surface area contributed by atoms with Gasteiger partial charge in [-0.15, -0.1) is 0 Å². The molecule has 1 aromatic carbocycles. The Hall–Kier alpha value is -0.860. The van der Waals surface area contributed by atoms with E-state index in [9.17, 15) is 0 Å². The summed E-state index contributed by atoms with van der Waals surface area (Å²) in [6.45, 7) is 11.4. The predicted molar refractivity (Wildman–Crippen MR) is 78.0 cm³/mol. The first-order valence-electron chi connectivity index (χ1n) is 7.14. The Morgan fingerprint density at radius 1 is 1.39 bits per heavy atom. The van der Waals surface area contributed by atoms with Crippen molar-refractivity contribution >= 4 is 0 Å². The molecule has 1 unspecified atom stereocenters. The minimum atomic E-state index is 0.310. The number of piperazine rings is 1. The summed E-state index contributed by atoms with van der Waals surface area (Å²) in [7, 11) is 0. The zero-order chi connectivity index (χ0) is 13.0. The summed E-state index contributed by atoms with van der Waals surface area (Å²) in [4.78, 5) is 2.60. The Bertz CT molecular complexity index is 388. The molecule has 1 saturated heterocycles. The molecule has 2 rings (SSSR count). The molecule has 1 aromatic rings. The molecule has 2 nitrogen and oxygen atoms in total. The van der Waals surface area contributed by atoms with Crippen molar-refractivity contribution in [3.05, 3.63) is 35.4 Å². The van der Waals surface area contributed by atoms with Gasteiger partial charge in [0, 0.05) is 31.7 Å². The van der Waals surface area contributed by atoms with Crippen LogP contribution in [0.1, 0.15) is 31.4 Å². The fraction of sp³-hybridized carbons (Fsp3) is 0.625. The Kier molecular flexibility index (Phi) is 4.41. The molecule has 0 amide bonds. The van der Waals surface area contributed by atoms with Gasteiger partial charge in [0.05, 0.1) is 0 Å². The highest BCUT2D eigenvalue weighted by molar-refractivity contribution is 5.22. The monoisotopic (exact) mass is 246 g/mol. The average molecular weight is 246 g/mol. The molecule has 0 aromatic heterocycles. The molecule has 100 valence electrons. The van der Waals surface area contributed by atoms with Gasteiger partial charge < -0.3 is 5.32 Å². The van der Waals surface area contributed by atoms with E-state index < -0.39 is 0 Å². The maximum Gasteiger partial charge on any atom is 0.0278 e. The van der Waals surface area contributed by atoms with Crippen molar-refractivity contribution in [2.75, 3.05) is 26.2 Å². The highest BCUT2D eigenvalue weighted by Gasteiger charge is 2.28. The number of nitrogens with zero attached hydrogens (tertiary/aromatic N) is 1. The van der Waals surface area contributed by atoms with Crippen molar-refractivity contribution in [2.24, 2.45) is 0 Å². The molecular weight excluding hydrogens is 220 g/mol. The number of hydrogen-bond donors (Lipinski definition) is 1. The lowest BCUT2D eigenvalue weighted by Crippen LogP contribution is -2.58. The molecule has 0 bridgehead atoms. The Morgan fingerprint density at radius 3 is 2.94 bits per heavy atom. The lowest BCUT2D eigenvalue weighted by molar-refractivity contribution is 0.141. The molecular formula is C16H26N2. The molecule has 0 spiro atoms. The molecule has 0 aliphatic carbocycles. The van der Waals surface area contributed by atoms with Crippen molar-refractivity contribution in [3.63, 3.8) is 0 Å². The molecule has 1 N–H and O–H groups in total. The van der Waals surface area contributed by atoms with E-state index in [4.69, 9.17) is 0 Å². The van der Waals surface area contributed by atoms with E-state index in [-0.39, 0.29) is 0 Å². The summed E-state index contributed by atoms with van der Waals surface area (Å²) in [5, 5.41) is 3.64. The van der Waals surface area contributed by atoms with Crippen LogP contribution in [0.15, 0.2) is 24.3 Å². The van der Waals surface area contributed by atoms with Gasteiger partial charge in [0.2, 0.25) is 0 Å². The second kappa shape index (κ2) is 5.85. The van der Waals surface area contributed by atoms with E-state index >= 15 is 0 Å². The van der Waals surface area contributed by atoms with Gasteiger partial charge in [-0.3, -0.25) is 4.90 Å². The van der Waals surface area contributed by atoms with Crippen LogP contribution in [0.5, 0.6) is 0 Å². The van der Waals surface area contributed by atoms with E-state index in [0.29, 0.717) is 5.54 Å². The van der Waals surface area contributed by atoms with Crippen LogP contribution in [0.25, 0.3) is 0 Å². The van der Waals surface area contributed by atoms with Crippen molar-refractivity contribution in [1.82, 2.24) is 10.2 Å². The molecule has 1 fully saturated rings. The first-order valence-corrected chi connectivity index (χ1v) is 7.14. The summed E-state index contributed by atoms with van der Waals surface area (Å²) >= 11 is 0. The van der Waals surface area contributed by atoms with Crippen LogP contribution < -0.4 is 5.32 Å². The molecule has 18 heavy (non-hydrogen) atoms. The van der Waals surface area contributed by atoms with E-state index in [1.54, 1.807) is 0 Å². The molecule has 2 heteroatoms. The third kappa shape index (κ3) is 3.56. The summed E-state index contributed by atoms with van der Waals surface area (Å²) in [6, 6.07) is 8.89. The Morgan fingerprint density at radius 2 is 2.22 bits per heavy atom. The number of hydrogen-bond acceptors (Lipinski definition) is 2. The molecule has 1 aliphatic heterocycles. The summed E-state index contributed by atoms with van der Waals surface area (Å²) in [5.74, 6) is 0. The quantitative estimate of drug-likeness (QED) is 0.878. The SMILES string of the molecule is CCC1(C)CN(CCc2cccc(C)c2)CCN1. The number of aryl methyl sites for hydroxylation is 1. The minimum Gasteiger partial charge on any atom is -0.309 e. The summed E-state index contributed by atoms with van der Waals surface area (Å²) in [5.41, 5.74) is 3.14. The van der Waals surface area contributed by atoms with Crippen LogP contribution >= 0.6 is 0 Å². The first kappa shape index (κ1) is 13.6. The van der Waals surface area contributed by atoms with Gasteiger partial charge in [-0.2, -0.15) is 0 Å². The van der Waals surface area contributed by atoms with Crippen LogP contribution in [0.4, 0.5) is 0 Å². The van der Waals surface area contributed by atoms with Crippen molar-refractivity contribution in [2.45, 2.75) is 39.2 Å². The fourth-order valence-corrected chi connectivity index (χ4v) is 2.73. The van der Waals surface area contributed by atoms with Crippen LogP contribution in [0.3, 0.4) is 0 Å². The third-order valence-electron chi connectivity index (χ3n) is 4.13. The zero-order valence-corrected chi connectivity index (χ0v) is 12.0. The Labute approximate surface area is 111 Å². The van der Waals surface area contributed by atoms with Crippen LogP contribution in [0.2, 0.25) is 0 Å². The molecule has 1 aliphatic rings. The van der Waals surface area contributed by atoms with Crippen molar-refractivity contribution in [1.29, 1.82) is 0 Å². The molecule has 0 radical (unpaired) electrons. The highest BCUT2D eigenvalue weighted by atomic mass is 15.2. The maximum absolute atomic E-state index is 3.64. The second-order valence-electron chi connectivity index (χ2n) is 5.86. The standard InChI is InChI=1S/C16H26N2/c1-4-16(3)13-18(11-9-17-16)10-8-15-7-5-6-14(2)12-15/h5-7,12,17H,4,8-11,13H2,1-3H3. The number of rotatable bonds is 4. The van der Waals surface area contributed by atoms with Gasteiger partial charge >= 0.3 is 0 Å². The van der Waals surface area contributed by atoms with Crippen LogP contribution in [-0.4, -0.2) is 36.6 Å². The summed E-state index contributed by atoms with van der Waals surface area (Å²) < 4.78 is 0. The first-order chi connectivity index (χ1) is 8.61. The zero-order valence-electron chi connectivity index (χ0n) is 12.0. The van der Waals surface area contributed by atoms with Gasteiger partial charge in [0.1, 0.15) is 0 Å². The molecule has 1 heterocycles. The fourth-order valence-electron chi connectivity index (χ4n) is 2.73. The van der Waals surface area contributed by atoms with Gasteiger partial charge in [-0.05, 0) is 32.3 Å². The lowest BCUT2D eigenvalue weighted by Gasteiger charge is -2.41. The third-order valence-corrected chi connectivity index (χ3v) is 4.13. The van der Waals surface area contributed by atoms with E-state index in [1.165, 1.54) is 43.6 Å². The van der Waals surface area contributed by atoms with E-state index in [0.717, 1.165) is 6.54 Å². The van der Waals surface area contributed by atoms with E-state index in [2.05, 4.69) is 55.3 Å². The van der Waals surface area contributed by atoms with Crippen LogP contribution in [-0.2, 0) is 6.42 Å². The highest BCUT2D eigenvalue weighted by Crippen LogP contribution is 2.15. The molecule has 1 atom stereocenters. The lowest BCUT2D eigenvalue weighted by atomic mass is 9.95. The average Bonchev–Trinajstić information content (AvgIpc) is 2.37. The van der Waals surface area contributed by atoms with E-state index in [1.807, 2.05) is 0 Å². The second-order valence-corrected chi connectivity index (χ2v) is 5.86. The maximum atomic E-state index is 3.64. The number of nitrogens with one attached hydrogen (secondary N) is 1. The number of benzene rings is 1. The van der Waals surface area contributed by atoms with Gasteiger partial charge in [-0.1, -0.05) is 36.8 Å². The van der Waals surface area contributed by atoms with Gasteiger partial charge in [0.15, 0.2) is 0 Å². The smallest absolute Gasteiger partial charge is 0.0278 e. The van der Waals surface area contributed by atoms with Crippen molar-refractivity contribution < 1.29 is 0 Å². The predicted octanol–water partition coefficient (Wildman–Crippen LogP) is 2.61.